The van der Waals surface area contributed by atoms with Gasteiger partial charge in [0.1, 0.15) is 11.5 Å². The highest BCUT2D eigenvalue weighted by Crippen LogP contribution is 2.26. The van der Waals surface area contributed by atoms with Crippen LogP contribution in [-0.2, 0) is 0 Å². The van der Waals surface area contributed by atoms with Gasteiger partial charge in [0, 0.05) is 24.8 Å². The van der Waals surface area contributed by atoms with Crippen LogP contribution in [0.5, 0.6) is 5.75 Å². The van der Waals surface area contributed by atoms with Gasteiger partial charge in [-0.05, 0) is 44.0 Å². The maximum Gasteiger partial charge on any atom is 0.415 e. The van der Waals surface area contributed by atoms with Crippen molar-refractivity contribution in [2.24, 2.45) is 0 Å². The third-order valence-electron chi connectivity index (χ3n) is 4.91. The third-order valence-corrected chi connectivity index (χ3v) is 4.91. The number of amides is 1. The molecular formula is C20H20FN5O2. The number of likely N-dealkylation sites (tertiary alicyclic amines) is 1. The number of piperidine rings is 1. The molecule has 1 saturated heterocycles. The number of aryl methyl sites for hydroxylation is 1. The van der Waals surface area contributed by atoms with E-state index in [2.05, 4.69) is 15.3 Å². The van der Waals surface area contributed by atoms with E-state index in [0.29, 0.717) is 35.8 Å². The van der Waals surface area contributed by atoms with Gasteiger partial charge < -0.3 is 9.64 Å². The summed E-state index contributed by atoms with van der Waals surface area (Å²) >= 11 is 0. The fraction of sp³-hybridized carbons (Fsp3) is 0.300. The van der Waals surface area contributed by atoms with Crippen LogP contribution in [0.2, 0.25) is 0 Å². The van der Waals surface area contributed by atoms with E-state index in [1.54, 1.807) is 59.2 Å². The number of aromatic nitrogens is 4. The van der Waals surface area contributed by atoms with Crippen LogP contribution in [0.1, 0.15) is 24.6 Å². The van der Waals surface area contributed by atoms with E-state index in [1.165, 1.54) is 6.07 Å². The van der Waals surface area contributed by atoms with E-state index in [4.69, 9.17) is 4.74 Å². The summed E-state index contributed by atoms with van der Waals surface area (Å²) < 4.78 is 21.1. The number of nitrogens with zero attached hydrogens (tertiary/aromatic N) is 5. The van der Waals surface area contributed by atoms with Crippen molar-refractivity contribution in [1.82, 2.24) is 24.9 Å². The quantitative estimate of drug-likeness (QED) is 0.693. The van der Waals surface area contributed by atoms with E-state index in [-0.39, 0.29) is 18.0 Å². The fourth-order valence-electron chi connectivity index (χ4n) is 3.30. The standard InChI is InChI=1S/C20H20FN5O2/c1-14-19(7-4-10-22-14)28-20(27)25-11-8-15(9-12-25)26-13-18(23-24-26)16-5-2-3-6-17(16)21/h2-7,10,13,15H,8-9,11-12H2,1H3. The summed E-state index contributed by atoms with van der Waals surface area (Å²) in [6.45, 7) is 2.90. The first kappa shape index (κ1) is 18.1. The average Bonchev–Trinajstić information content (AvgIpc) is 3.20. The number of carbonyl (C=O) groups is 1. The van der Waals surface area contributed by atoms with Gasteiger partial charge in [-0.2, -0.15) is 0 Å². The van der Waals surface area contributed by atoms with Gasteiger partial charge in [0.2, 0.25) is 0 Å². The van der Waals surface area contributed by atoms with Crippen molar-refractivity contribution < 1.29 is 13.9 Å². The fourth-order valence-corrected chi connectivity index (χ4v) is 3.30. The molecule has 0 atom stereocenters. The second-order valence-corrected chi connectivity index (χ2v) is 6.74. The van der Waals surface area contributed by atoms with Crippen LogP contribution in [0.25, 0.3) is 11.3 Å². The predicted octanol–water partition coefficient (Wildman–Crippen LogP) is 3.62. The molecule has 28 heavy (non-hydrogen) atoms. The molecule has 0 N–H and O–H groups in total. The van der Waals surface area contributed by atoms with E-state index in [9.17, 15) is 9.18 Å². The summed E-state index contributed by atoms with van der Waals surface area (Å²) in [5, 5.41) is 8.27. The maximum atomic E-state index is 13.9. The molecule has 7 nitrogen and oxygen atoms in total. The molecule has 3 aromatic rings. The Morgan fingerprint density at radius 2 is 1.96 bits per heavy atom. The number of hydrogen-bond acceptors (Lipinski definition) is 5. The summed E-state index contributed by atoms with van der Waals surface area (Å²) in [7, 11) is 0. The molecule has 2 aromatic heterocycles. The normalized spacial score (nSPS) is 14.9. The van der Waals surface area contributed by atoms with Crippen LogP contribution in [0.15, 0.2) is 48.8 Å². The van der Waals surface area contributed by atoms with Crippen molar-refractivity contribution in [3.63, 3.8) is 0 Å². The first-order chi connectivity index (χ1) is 13.6. The smallest absolute Gasteiger partial charge is 0.408 e. The lowest BCUT2D eigenvalue weighted by molar-refractivity contribution is 0.129. The molecule has 0 unspecified atom stereocenters. The second-order valence-electron chi connectivity index (χ2n) is 6.74. The van der Waals surface area contributed by atoms with Crippen molar-refractivity contribution in [3.8, 4) is 17.0 Å². The van der Waals surface area contributed by atoms with Crippen LogP contribution in [-0.4, -0.2) is 44.1 Å². The largest absolute Gasteiger partial charge is 0.415 e. The minimum absolute atomic E-state index is 0.109. The average molecular weight is 381 g/mol. The monoisotopic (exact) mass is 381 g/mol. The highest BCUT2D eigenvalue weighted by molar-refractivity contribution is 5.71. The molecule has 0 aliphatic carbocycles. The molecule has 1 aliphatic heterocycles. The highest BCUT2D eigenvalue weighted by Gasteiger charge is 2.26. The van der Waals surface area contributed by atoms with Gasteiger partial charge in [-0.15, -0.1) is 5.10 Å². The molecule has 0 bridgehead atoms. The zero-order valence-electron chi connectivity index (χ0n) is 15.5. The van der Waals surface area contributed by atoms with Gasteiger partial charge in [-0.1, -0.05) is 17.3 Å². The molecule has 3 heterocycles. The van der Waals surface area contributed by atoms with Gasteiger partial charge in [-0.3, -0.25) is 4.98 Å². The number of rotatable bonds is 3. The molecule has 1 aliphatic rings. The lowest BCUT2D eigenvalue weighted by atomic mass is 10.1. The summed E-state index contributed by atoms with van der Waals surface area (Å²) in [4.78, 5) is 18.2. The molecule has 8 heteroatoms. The summed E-state index contributed by atoms with van der Waals surface area (Å²) in [5.41, 5.74) is 1.61. The van der Waals surface area contributed by atoms with E-state index >= 15 is 0 Å². The van der Waals surface area contributed by atoms with Crippen LogP contribution >= 0.6 is 0 Å². The highest BCUT2D eigenvalue weighted by atomic mass is 19.1. The molecule has 144 valence electrons. The molecule has 4 rings (SSSR count). The van der Waals surface area contributed by atoms with E-state index in [1.807, 2.05) is 0 Å². The Kier molecular flexibility index (Phi) is 5.01. The van der Waals surface area contributed by atoms with Crippen molar-refractivity contribution in [1.29, 1.82) is 0 Å². The second kappa shape index (κ2) is 7.75. The van der Waals surface area contributed by atoms with Crippen molar-refractivity contribution in [2.45, 2.75) is 25.8 Å². The number of hydrogen-bond donors (Lipinski definition) is 0. The zero-order valence-corrected chi connectivity index (χ0v) is 15.5. The summed E-state index contributed by atoms with van der Waals surface area (Å²) in [6, 6.07) is 10.1. The molecule has 1 amide bonds. The van der Waals surface area contributed by atoms with Crippen molar-refractivity contribution in [2.75, 3.05) is 13.1 Å². The predicted molar refractivity (Wildman–Crippen MR) is 100 cm³/mol. The molecular weight excluding hydrogens is 361 g/mol. The minimum Gasteiger partial charge on any atom is -0.408 e. The van der Waals surface area contributed by atoms with Gasteiger partial charge in [0.15, 0.2) is 5.75 Å². The van der Waals surface area contributed by atoms with Gasteiger partial charge in [0.05, 0.1) is 17.9 Å². The molecule has 1 aromatic carbocycles. The van der Waals surface area contributed by atoms with Crippen molar-refractivity contribution >= 4 is 6.09 Å². The number of ether oxygens (including phenoxy) is 1. The van der Waals surface area contributed by atoms with Crippen LogP contribution in [0.3, 0.4) is 0 Å². The number of pyridine rings is 1. The van der Waals surface area contributed by atoms with Crippen LogP contribution in [0.4, 0.5) is 9.18 Å². The first-order valence-corrected chi connectivity index (χ1v) is 9.17. The van der Waals surface area contributed by atoms with Crippen LogP contribution < -0.4 is 4.74 Å². The third kappa shape index (κ3) is 3.71. The summed E-state index contributed by atoms with van der Waals surface area (Å²) in [5.74, 6) is 0.151. The Morgan fingerprint density at radius 3 is 2.71 bits per heavy atom. The minimum atomic E-state index is -0.375. The maximum absolute atomic E-state index is 13.9. The lowest BCUT2D eigenvalue weighted by Gasteiger charge is -2.31. The van der Waals surface area contributed by atoms with E-state index < -0.39 is 0 Å². The first-order valence-electron chi connectivity index (χ1n) is 9.17. The lowest BCUT2D eigenvalue weighted by Crippen LogP contribution is -2.40. The van der Waals surface area contributed by atoms with Crippen molar-refractivity contribution in [3.05, 3.63) is 60.3 Å². The molecule has 0 saturated carbocycles. The Morgan fingerprint density at radius 1 is 1.18 bits per heavy atom. The Bertz CT molecular complexity index is 982. The Labute approximate surface area is 161 Å². The zero-order chi connectivity index (χ0) is 19.5. The molecule has 0 radical (unpaired) electrons. The van der Waals surface area contributed by atoms with Crippen LogP contribution in [0, 0.1) is 12.7 Å². The number of carbonyl (C=O) groups excluding carboxylic acids is 1. The topological polar surface area (TPSA) is 73.1 Å². The number of halogens is 1. The number of benzene rings is 1. The molecule has 0 spiro atoms. The van der Waals surface area contributed by atoms with Gasteiger partial charge >= 0.3 is 6.09 Å². The molecule has 1 fully saturated rings. The van der Waals surface area contributed by atoms with E-state index in [0.717, 1.165) is 12.8 Å². The van der Waals surface area contributed by atoms with Gasteiger partial charge in [-0.25, -0.2) is 13.9 Å². The Hall–Kier alpha value is -3.29. The summed E-state index contributed by atoms with van der Waals surface area (Å²) in [6.07, 6.45) is 4.49. The SMILES string of the molecule is Cc1ncccc1OC(=O)N1CCC(n2cc(-c3ccccc3F)nn2)CC1. The Balaban J connectivity index is 1.37. The van der Waals surface area contributed by atoms with Gasteiger partial charge in [0.25, 0.3) is 0 Å².